The molecular weight excluding hydrogens is 741 g/mol. The van der Waals surface area contributed by atoms with Crippen molar-refractivity contribution in [2.24, 2.45) is 0 Å². The molecule has 0 amide bonds. The highest BCUT2D eigenvalue weighted by atomic mass is 15.2. The first-order valence-electron chi connectivity index (χ1n) is 21.1. The molecule has 1 aliphatic carbocycles. The molecule has 4 heteroatoms. The lowest BCUT2D eigenvalue weighted by atomic mass is 9.80. The Bertz CT molecular complexity index is 3690. The van der Waals surface area contributed by atoms with E-state index in [0.29, 0.717) is 5.95 Å². The lowest BCUT2D eigenvalue weighted by Gasteiger charge is -2.24. The average molecular weight is 779 g/mol. The van der Waals surface area contributed by atoms with Gasteiger partial charge in [-0.1, -0.05) is 147 Å². The summed E-state index contributed by atoms with van der Waals surface area (Å²) in [5, 5.41) is 9.58. The van der Waals surface area contributed by atoms with E-state index in [1.54, 1.807) is 0 Å². The van der Waals surface area contributed by atoms with Gasteiger partial charge in [-0.05, 0) is 98.9 Å². The molecule has 0 N–H and O–H groups in total. The van der Waals surface area contributed by atoms with Gasteiger partial charge in [-0.15, -0.1) is 0 Å². The summed E-state index contributed by atoms with van der Waals surface area (Å²) < 4.78 is 4.69. The predicted octanol–water partition coefficient (Wildman–Crippen LogP) is 14.6. The summed E-state index contributed by atoms with van der Waals surface area (Å²) in [6.07, 6.45) is 0. The summed E-state index contributed by atoms with van der Waals surface area (Å²) in [7, 11) is 0. The van der Waals surface area contributed by atoms with Gasteiger partial charge < -0.3 is 4.57 Å². The Labute approximate surface area is 352 Å². The molecule has 0 atom stereocenters. The van der Waals surface area contributed by atoms with Crippen LogP contribution in [0.5, 0.6) is 0 Å². The van der Waals surface area contributed by atoms with Crippen molar-refractivity contribution in [2.75, 3.05) is 0 Å². The second-order valence-corrected chi connectivity index (χ2v) is 17.0. The fourth-order valence-corrected chi connectivity index (χ4v) is 10.3. The molecule has 4 nitrogen and oxygen atoms in total. The number of hydrogen-bond acceptors (Lipinski definition) is 2. The molecule has 0 saturated carbocycles. The molecule has 0 unspecified atom stereocenters. The van der Waals surface area contributed by atoms with E-state index in [4.69, 9.17) is 9.97 Å². The SMILES string of the molecule is CC1(C)c2cc(-c3ccccc3)ccc2-c2nc(-n3c4cc5ccccc5cc4c4cc5ccccc5cc43)nc(-c3ccc4c(c3)c3ccccc3n4-c3ccccc3)c21. The molecule has 61 heavy (non-hydrogen) atoms. The summed E-state index contributed by atoms with van der Waals surface area (Å²) in [6.45, 7) is 4.69. The molecule has 0 fully saturated rings. The normalized spacial score (nSPS) is 13.2. The van der Waals surface area contributed by atoms with Crippen molar-refractivity contribution in [1.82, 2.24) is 19.1 Å². The minimum absolute atomic E-state index is 0.385. The van der Waals surface area contributed by atoms with Crippen LogP contribution in [0.1, 0.15) is 25.0 Å². The third-order valence-corrected chi connectivity index (χ3v) is 13.2. The Morgan fingerprint density at radius 1 is 0.377 bits per heavy atom. The quantitative estimate of drug-likeness (QED) is 0.178. The molecule has 3 aromatic heterocycles. The van der Waals surface area contributed by atoms with Gasteiger partial charge >= 0.3 is 0 Å². The number of fused-ring (bicyclic) bond motifs is 11. The molecule has 3 heterocycles. The van der Waals surface area contributed by atoms with Crippen LogP contribution in [-0.4, -0.2) is 19.1 Å². The van der Waals surface area contributed by atoms with Crippen LogP contribution in [0.4, 0.5) is 0 Å². The van der Waals surface area contributed by atoms with Crippen molar-refractivity contribution in [3.8, 4) is 45.3 Å². The van der Waals surface area contributed by atoms with Gasteiger partial charge in [0.15, 0.2) is 0 Å². The van der Waals surface area contributed by atoms with E-state index in [9.17, 15) is 0 Å². The second-order valence-electron chi connectivity index (χ2n) is 17.0. The Morgan fingerprint density at radius 2 is 0.918 bits per heavy atom. The van der Waals surface area contributed by atoms with Crippen LogP contribution in [0, 0.1) is 0 Å². The zero-order valence-electron chi connectivity index (χ0n) is 33.8. The topological polar surface area (TPSA) is 35.6 Å². The van der Waals surface area contributed by atoms with Crippen molar-refractivity contribution >= 4 is 65.2 Å². The number of aromatic nitrogens is 4. The number of rotatable bonds is 4. The molecule has 13 rings (SSSR count). The molecule has 0 aliphatic heterocycles. The molecule has 1 aliphatic rings. The summed E-state index contributed by atoms with van der Waals surface area (Å²) in [5.74, 6) is 0.668. The lowest BCUT2D eigenvalue weighted by Crippen LogP contribution is -2.18. The third-order valence-electron chi connectivity index (χ3n) is 13.2. The van der Waals surface area contributed by atoms with Crippen molar-refractivity contribution in [2.45, 2.75) is 19.3 Å². The summed E-state index contributed by atoms with van der Waals surface area (Å²) in [6, 6.07) is 70.5. The molecule has 0 saturated heterocycles. The Balaban J connectivity index is 1.14. The fourth-order valence-electron chi connectivity index (χ4n) is 10.3. The standard InChI is InChI=1S/C57H38N4/c1-57(2)48-32-40(35-15-5-3-6-16-35)25-27-44(48)55-53(57)54(41-26-28-50-45(31-41)43-23-13-14-24-49(43)60(50)42-21-7-4-8-22-42)58-56(59-55)61-51-33-38-19-11-9-17-36(38)29-46(51)47-30-37-18-10-12-20-39(37)34-52(47)61/h3-34H,1-2H3. The van der Waals surface area contributed by atoms with Crippen LogP contribution < -0.4 is 0 Å². The summed E-state index contributed by atoms with van der Waals surface area (Å²) in [4.78, 5) is 11.5. The number of nitrogens with zero attached hydrogens (tertiary/aromatic N) is 4. The maximum absolute atomic E-state index is 5.77. The van der Waals surface area contributed by atoms with E-state index >= 15 is 0 Å². The molecule has 0 bridgehead atoms. The van der Waals surface area contributed by atoms with Gasteiger partial charge in [-0.2, -0.15) is 0 Å². The van der Waals surface area contributed by atoms with Crippen molar-refractivity contribution in [3.63, 3.8) is 0 Å². The van der Waals surface area contributed by atoms with Gasteiger partial charge in [0.2, 0.25) is 5.95 Å². The van der Waals surface area contributed by atoms with Gasteiger partial charge in [-0.3, -0.25) is 4.57 Å². The first kappa shape index (κ1) is 34.1. The minimum Gasteiger partial charge on any atom is -0.309 e. The Kier molecular flexibility index (Phi) is 7.04. The first-order valence-corrected chi connectivity index (χ1v) is 21.1. The van der Waals surface area contributed by atoms with Crippen LogP contribution in [0.2, 0.25) is 0 Å². The monoisotopic (exact) mass is 778 g/mol. The van der Waals surface area contributed by atoms with Gasteiger partial charge in [0.25, 0.3) is 0 Å². The van der Waals surface area contributed by atoms with Gasteiger partial charge in [0.1, 0.15) is 0 Å². The van der Waals surface area contributed by atoms with Gasteiger partial charge in [-0.25, -0.2) is 9.97 Å². The van der Waals surface area contributed by atoms with E-state index in [0.717, 1.165) is 44.8 Å². The highest BCUT2D eigenvalue weighted by molar-refractivity contribution is 6.17. The molecule has 9 aromatic carbocycles. The summed E-state index contributed by atoms with van der Waals surface area (Å²) >= 11 is 0. The zero-order valence-corrected chi connectivity index (χ0v) is 33.8. The van der Waals surface area contributed by atoms with Crippen molar-refractivity contribution < 1.29 is 0 Å². The third kappa shape index (κ3) is 4.93. The lowest BCUT2D eigenvalue weighted by molar-refractivity contribution is 0.657. The fraction of sp³-hybridized carbons (Fsp3) is 0.0526. The Hall–Kier alpha value is -7.82. The predicted molar refractivity (Wildman–Crippen MR) is 254 cm³/mol. The number of hydrogen-bond donors (Lipinski definition) is 0. The molecular formula is C57H38N4. The van der Waals surface area contributed by atoms with E-state index < -0.39 is 0 Å². The summed E-state index contributed by atoms with van der Waals surface area (Å²) in [5.41, 5.74) is 14.3. The highest BCUT2D eigenvalue weighted by Crippen LogP contribution is 2.53. The largest absolute Gasteiger partial charge is 0.309 e. The molecule has 0 radical (unpaired) electrons. The van der Waals surface area contributed by atoms with E-state index in [1.807, 2.05) is 0 Å². The van der Waals surface area contributed by atoms with E-state index in [-0.39, 0.29) is 5.41 Å². The van der Waals surface area contributed by atoms with Crippen molar-refractivity contribution in [3.05, 3.63) is 205 Å². The van der Waals surface area contributed by atoms with Crippen LogP contribution in [0.3, 0.4) is 0 Å². The average Bonchev–Trinajstić information content (AvgIpc) is 3.89. The smallest absolute Gasteiger partial charge is 0.235 e. The van der Waals surface area contributed by atoms with E-state index in [1.165, 1.54) is 70.8 Å². The number of para-hydroxylation sites is 2. The van der Waals surface area contributed by atoms with Crippen LogP contribution in [-0.2, 0) is 5.41 Å². The zero-order chi connectivity index (χ0) is 40.4. The highest BCUT2D eigenvalue weighted by Gasteiger charge is 2.41. The molecule has 12 aromatic rings. The molecule has 286 valence electrons. The van der Waals surface area contributed by atoms with Crippen LogP contribution >= 0.6 is 0 Å². The van der Waals surface area contributed by atoms with Crippen molar-refractivity contribution in [1.29, 1.82) is 0 Å². The Morgan fingerprint density at radius 3 is 1.61 bits per heavy atom. The minimum atomic E-state index is -0.385. The van der Waals surface area contributed by atoms with Gasteiger partial charge in [0.05, 0.1) is 33.5 Å². The van der Waals surface area contributed by atoms with Gasteiger partial charge in [0, 0.05) is 49.3 Å². The van der Waals surface area contributed by atoms with Crippen LogP contribution in [0.15, 0.2) is 194 Å². The maximum Gasteiger partial charge on any atom is 0.235 e. The van der Waals surface area contributed by atoms with E-state index in [2.05, 4.69) is 217 Å². The maximum atomic E-state index is 5.77. The first-order chi connectivity index (χ1) is 30.0. The second kappa shape index (κ2) is 12.6. The number of benzene rings is 9. The van der Waals surface area contributed by atoms with Crippen LogP contribution in [0.25, 0.3) is 110 Å². The molecule has 0 spiro atoms.